The molecule has 0 N–H and O–H groups in total. The summed E-state index contributed by atoms with van der Waals surface area (Å²) in [5.74, 6) is 2.96. The van der Waals surface area contributed by atoms with Crippen LogP contribution < -0.4 is 0 Å². The molecule has 1 rings (SSSR count). The van der Waals surface area contributed by atoms with E-state index in [-0.39, 0.29) is 0 Å². The van der Waals surface area contributed by atoms with Gasteiger partial charge in [0.15, 0.2) is 0 Å². The predicted molar refractivity (Wildman–Crippen MR) is 60.3 cm³/mol. The van der Waals surface area contributed by atoms with Crippen molar-refractivity contribution in [3.8, 4) is 0 Å². The summed E-state index contributed by atoms with van der Waals surface area (Å²) in [4.78, 5) is 0. The third-order valence-corrected chi connectivity index (χ3v) is 3.62. The van der Waals surface area contributed by atoms with E-state index in [9.17, 15) is 0 Å². The molecule has 0 bridgehead atoms. The van der Waals surface area contributed by atoms with Crippen LogP contribution in [0.15, 0.2) is 0 Å². The molecule has 0 spiro atoms. The smallest absolute Gasteiger partial charge is 0.0519 e. The summed E-state index contributed by atoms with van der Waals surface area (Å²) in [5, 5.41) is 0. The van der Waals surface area contributed by atoms with Gasteiger partial charge in [-0.15, -0.1) is 0 Å². The van der Waals surface area contributed by atoms with E-state index in [1.807, 2.05) is 11.8 Å². The predicted octanol–water partition coefficient (Wildman–Crippen LogP) is 3.05. The molecule has 0 radical (unpaired) electrons. The fourth-order valence-corrected chi connectivity index (χ4v) is 2.60. The fraction of sp³-hybridized carbons (Fsp3) is 1.00. The van der Waals surface area contributed by atoms with Gasteiger partial charge in [0.05, 0.1) is 13.2 Å². The van der Waals surface area contributed by atoms with Crippen LogP contribution in [0.2, 0.25) is 0 Å². The van der Waals surface area contributed by atoms with Crippen molar-refractivity contribution in [2.75, 3.05) is 25.2 Å². The molecule has 1 heterocycles. The normalized spacial score (nSPS) is 21.2. The second-order valence-corrected chi connectivity index (χ2v) is 6.04. The average Bonchev–Trinajstić information content (AvgIpc) is 1.91. The van der Waals surface area contributed by atoms with Gasteiger partial charge >= 0.3 is 0 Å². The Labute approximate surface area is 86.6 Å². The Bertz CT molecular complexity index is 147. The van der Waals surface area contributed by atoms with Crippen molar-refractivity contribution >= 4 is 11.8 Å². The summed E-state index contributed by atoms with van der Waals surface area (Å²) in [7, 11) is 0. The molecule has 0 aromatic rings. The molecule has 0 aromatic heterocycles. The molecule has 2 heteroatoms. The number of hydrogen-bond donors (Lipinski definition) is 0. The number of ether oxygens (including phenoxy) is 1. The van der Waals surface area contributed by atoms with Gasteiger partial charge < -0.3 is 4.74 Å². The van der Waals surface area contributed by atoms with Crippen molar-refractivity contribution < 1.29 is 4.74 Å². The van der Waals surface area contributed by atoms with E-state index in [0.717, 1.165) is 25.0 Å². The molecular weight excluding hydrogens is 180 g/mol. The summed E-state index contributed by atoms with van der Waals surface area (Å²) in [6.07, 6.45) is 3.54. The first-order chi connectivity index (χ1) is 6.05. The topological polar surface area (TPSA) is 9.23 Å². The zero-order chi connectivity index (χ0) is 9.90. The monoisotopic (exact) mass is 202 g/mol. The lowest BCUT2D eigenvalue weighted by atomic mass is 9.71. The van der Waals surface area contributed by atoms with Crippen molar-refractivity contribution in [1.82, 2.24) is 0 Å². The van der Waals surface area contributed by atoms with Gasteiger partial charge in [0.1, 0.15) is 0 Å². The van der Waals surface area contributed by atoms with E-state index in [2.05, 4.69) is 27.0 Å². The Balaban J connectivity index is 2.43. The van der Waals surface area contributed by atoms with Gasteiger partial charge in [-0.2, -0.15) is 11.8 Å². The van der Waals surface area contributed by atoms with E-state index < -0.39 is 0 Å². The summed E-state index contributed by atoms with van der Waals surface area (Å²) >= 11 is 1.96. The van der Waals surface area contributed by atoms with Crippen LogP contribution in [0, 0.1) is 17.3 Å². The zero-order valence-corrected chi connectivity index (χ0v) is 10.1. The minimum Gasteiger partial charge on any atom is -0.381 e. The van der Waals surface area contributed by atoms with E-state index in [1.54, 1.807) is 0 Å². The molecule has 78 valence electrons. The van der Waals surface area contributed by atoms with Crippen LogP contribution in [0.1, 0.15) is 27.2 Å². The van der Waals surface area contributed by atoms with Gasteiger partial charge in [0.25, 0.3) is 0 Å². The van der Waals surface area contributed by atoms with E-state index in [1.165, 1.54) is 12.2 Å². The summed E-state index contributed by atoms with van der Waals surface area (Å²) in [6.45, 7) is 9.07. The van der Waals surface area contributed by atoms with Crippen molar-refractivity contribution in [1.29, 1.82) is 0 Å². The molecule has 1 saturated heterocycles. The van der Waals surface area contributed by atoms with E-state index >= 15 is 0 Å². The lowest BCUT2D eigenvalue weighted by molar-refractivity contribution is -0.0848. The van der Waals surface area contributed by atoms with Crippen molar-refractivity contribution in [2.45, 2.75) is 27.2 Å². The summed E-state index contributed by atoms with van der Waals surface area (Å²) in [5.41, 5.74) is 0.449. The third kappa shape index (κ3) is 3.17. The molecule has 0 amide bonds. The molecule has 1 nitrogen and oxygen atoms in total. The lowest BCUT2D eigenvalue weighted by Gasteiger charge is -2.41. The molecule has 1 aliphatic rings. The molecular formula is C11H22OS. The standard InChI is InChI=1S/C11H22OS/c1-11(2,3)10(5-6-13-4)9-7-12-8-9/h9-10H,5-8H2,1-4H3. The van der Waals surface area contributed by atoms with Gasteiger partial charge in [-0.25, -0.2) is 0 Å². The second kappa shape index (κ2) is 4.70. The Morgan fingerprint density at radius 2 is 2.00 bits per heavy atom. The molecule has 1 fully saturated rings. The van der Waals surface area contributed by atoms with Crippen molar-refractivity contribution in [2.24, 2.45) is 17.3 Å². The summed E-state index contributed by atoms with van der Waals surface area (Å²) < 4.78 is 5.28. The second-order valence-electron chi connectivity index (χ2n) is 5.05. The minimum atomic E-state index is 0.449. The number of hydrogen-bond acceptors (Lipinski definition) is 2. The Morgan fingerprint density at radius 3 is 2.31 bits per heavy atom. The van der Waals surface area contributed by atoms with Crippen LogP contribution in [-0.4, -0.2) is 25.2 Å². The van der Waals surface area contributed by atoms with Crippen LogP contribution in [0.5, 0.6) is 0 Å². The highest BCUT2D eigenvalue weighted by molar-refractivity contribution is 7.98. The number of thioether (sulfide) groups is 1. The molecule has 1 unspecified atom stereocenters. The number of rotatable bonds is 4. The van der Waals surface area contributed by atoms with E-state index in [0.29, 0.717) is 5.41 Å². The highest BCUT2D eigenvalue weighted by Gasteiger charge is 2.35. The summed E-state index contributed by atoms with van der Waals surface area (Å²) in [6, 6.07) is 0. The quantitative estimate of drug-likeness (QED) is 0.693. The maximum atomic E-state index is 5.28. The molecule has 1 atom stereocenters. The van der Waals surface area contributed by atoms with Crippen LogP contribution in [0.3, 0.4) is 0 Å². The largest absolute Gasteiger partial charge is 0.381 e. The minimum absolute atomic E-state index is 0.449. The van der Waals surface area contributed by atoms with Gasteiger partial charge in [-0.1, -0.05) is 20.8 Å². The van der Waals surface area contributed by atoms with Crippen LogP contribution in [0.25, 0.3) is 0 Å². The highest BCUT2D eigenvalue weighted by atomic mass is 32.2. The molecule has 13 heavy (non-hydrogen) atoms. The fourth-order valence-electron chi connectivity index (χ4n) is 2.11. The first-order valence-corrected chi connectivity index (χ1v) is 6.51. The van der Waals surface area contributed by atoms with Crippen LogP contribution >= 0.6 is 11.8 Å². The van der Waals surface area contributed by atoms with Crippen LogP contribution in [-0.2, 0) is 4.74 Å². The maximum absolute atomic E-state index is 5.28. The average molecular weight is 202 g/mol. The third-order valence-electron chi connectivity index (χ3n) is 2.98. The highest BCUT2D eigenvalue weighted by Crippen LogP contribution is 2.38. The SMILES string of the molecule is CSCCC(C1COC1)C(C)(C)C. The molecule has 0 saturated carbocycles. The Kier molecular flexibility index (Phi) is 4.11. The van der Waals surface area contributed by atoms with Crippen LogP contribution in [0.4, 0.5) is 0 Å². The first-order valence-electron chi connectivity index (χ1n) is 5.12. The lowest BCUT2D eigenvalue weighted by Crippen LogP contribution is -2.40. The zero-order valence-electron chi connectivity index (χ0n) is 9.30. The van der Waals surface area contributed by atoms with Gasteiger partial charge in [-0.05, 0) is 29.8 Å². The molecule has 1 aliphatic heterocycles. The molecule has 0 aliphatic carbocycles. The Morgan fingerprint density at radius 1 is 1.38 bits per heavy atom. The van der Waals surface area contributed by atoms with Crippen molar-refractivity contribution in [3.63, 3.8) is 0 Å². The van der Waals surface area contributed by atoms with Crippen molar-refractivity contribution in [3.05, 3.63) is 0 Å². The maximum Gasteiger partial charge on any atom is 0.0519 e. The first kappa shape index (κ1) is 11.4. The Hall–Kier alpha value is 0.310. The van der Waals surface area contributed by atoms with E-state index in [4.69, 9.17) is 4.74 Å². The van der Waals surface area contributed by atoms with Gasteiger partial charge in [0, 0.05) is 5.92 Å². The van der Waals surface area contributed by atoms with Gasteiger partial charge in [0.2, 0.25) is 0 Å². The molecule has 0 aromatic carbocycles. The van der Waals surface area contributed by atoms with Gasteiger partial charge in [-0.3, -0.25) is 0 Å².